The van der Waals surface area contributed by atoms with Crippen LogP contribution in [0.5, 0.6) is 0 Å². The average Bonchev–Trinajstić information content (AvgIpc) is 2.81. The van der Waals surface area contributed by atoms with Crippen molar-refractivity contribution < 1.29 is 0 Å². The zero-order valence-corrected chi connectivity index (χ0v) is 9.62. The fourth-order valence-corrected chi connectivity index (χ4v) is 1.31. The summed E-state index contributed by atoms with van der Waals surface area (Å²) in [6.07, 6.45) is 2.83. The third kappa shape index (κ3) is 2.94. The molecule has 80 valence electrons. The monoisotopic (exact) mass is 202 g/mol. The van der Waals surface area contributed by atoms with Crippen LogP contribution in [0.3, 0.4) is 0 Å². The molecular formula is C13H18N2. The summed E-state index contributed by atoms with van der Waals surface area (Å²) in [5.74, 6) is 1.04. The predicted octanol–water partition coefficient (Wildman–Crippen LogP) is 3.67. The van der Waals surface area contributed by atoms with Gasteiger partial charge in [-0.3, -0.25) is 0 Å². The highest BCUT2D eigenvalue weighted by Crippen LogP contribution is 2.15. The Morgan fingerprint density at radius 3 is 2.33 bits per heavy atom. The Labute approximate surface area is 91.4 Å². The lowest BCUT2D eigenvalue weighted by Gasteiger charge is -1.94. The topological polar surface area (TPSA) is 28.7 Å². The number of hydrogen-bond donors (Lipinski definition) is 1. The molecule has 1 heterocycles. The highest BCUT2D eigenvalue weighted by molar-refractivity contribution is 5.57. The maximum atomic E-state index is 4.26. The SMILES string of the molecule is CC.CCc1ncc(-c2ccccc2)[nH]1. The lowest BCUT2D eigenvalue weighted by Crippen LogP contribution is -1.81. The van der Waals surface area contributed by atoms with E-state index in [2.05, 4.69) is 29.0 Å². The van der Waals surface area contributed by atoms with Crippen molar-refractivity contribution in [3.8, 4) is 11.3 Å². The van der Waals surface area contributed by atoms with E-state index in [1.807, 2.05) is 38.2 Å². The molecule has 1 N–H and O–H groups in total. The highest BCUT2D eigenvalue weighted by Gasteiger charge is 1.99. The van der Waals surface area contributed by atoms with Gasteiger partial charge in [-0.25, -0.2) is 4.98 Å². The zero-order valence-electron chi connectivity index (χ0n) is 9.62. The van der Waals surface area contributed by atoms with E-state index in [1.165, 1.54) is 5.56 Å². The van der Waals surface area contributed by atoms with Crippen LogP contribution < -0.4 is 0 Å². The fourth-order valence-electron chi connectivity index (χ4n) is 1.31. The second kappa shape index (κ2) is 6.02. The minimum absolute atomic E-state index is 0.951. The van der Waals surface area contributed by atoms with Gasteiger partial charge in [-0.1, -0.05) is 51.1 Å². The molecule has 0 amide bonds. The van der Waals surface area contributed by atoms with Gasteiger partial charge < -0.3 is 4.98 Å². The molecule has 0 spiro atoms. The molecule has 2 aromatic rings. The van der Waals surface area contributed by atoms with E-state index >= 15 is 0 Å². The lowest BCUT2D eigenvalue weighted by molar-refractivity contribution is 0.991. The van der Waals surface area contributed by atoms with Crippen molar-refractivity contribution in [2.45, 2.75) is 27.2 Å². The molecule has 0 unspecified atom stereocenters. The molecule has 2 heteroatoms. The minimum Gasteiger partial charge on any atom is -0.342 e. The van der Waals surface area contributed by atoms with Crippen molar-refractivity contribution in [3.05, 3.63) is 42.4 Å². The number of nitrogens with one attached hydrogen (secondary N) is 1. The van der Waals surface area contributed by atoms with Crippen molar-refractivity contribution in [2.24, 2.45) is 0 Å². The quantitative estimate of drug-likeness (QED) is 0.791. The smallest absolute Gasteiger partial charge is 0.106 e. The van der Waals surface area contributed by atoms with Gasteiger partial charge in [0.05, 0.1) is 11.9 Å². The fraction of sp³-hybridized carbons (Fsp3) is 0.308. The number of benzene rings is 1. The van der Waals surface area contributed by atoms with Crippen LogP contribution in [0.15, 0.2) is 36.5 Å². The van der Waals surface area contributed by atoms with Gasteiger partial charge in [-0.15, -0.1) is 0 Å². The standard InChI is InChI=1S/C11H12N2.C2H6/c1-2-11-12-8-10(13-11)9-6-4-3-5-7-9;1-2/h3-8H,2H2,1H3,(H,12,13);1-2H3. The number of aromatic nitrogens is 2. The van der Waals surface area contributed by atoms with Crippen LogP contribution in [0.4, 0.5) is 0 Å². The molecule has 2 rings (SSSR count). The molecular weight excluding hydrogens is 184 g/mol. The molecule has 0 fully saturated rings. The van der Waals surface area contributed by atoms with Gasteiger partial charge in [-0.05, 0) is 5.56 Å². The van der Waals surface area contributed by atoms with E-state index in [1.54, 1.807) is 0 Å². The number of rotatable bonds is 2. The summed E-state index contributed by atoms with van der Waals surface area (Å²) in [6.45, 7) is 6.09. The summed E-state index contributed by atoms with van der Waals surface area (Å²) in [4.78, 5) is 7.52. The molecule has 0 aliphatic heterocycles. The second-order valence-electron chi connectivity index (χ2n) is 2.96. The van der Waals surface area contributed by atoms with Crippen LogP contribution in [0.2, 0.25) is 0 Å². The molecule has 0 radical (unpaired) electrons. The zero-order chi connectivity index (χ0) is 11.1. The van der Waals surface area contributed by atoms with Crippen LogP contribution in [-0.2, 0) is 6.42 Å². The number of aromatic amines is 1. The maximum absolute atomic E-state index is 4.26. The summed E-state index contributed by atoms with van der Waals surface area (Å²) < 4.78 is 0. The van der Waals surface area contributed by atoms with Crippen LogP contribution in [-0.4, -0.2) is 9.97 Å². The average molecular weight is 202 g/mol. The number of nitrogens with zero attached hydrogens (tertiary/aromatic N) is 1. The molecule has 1 aromatic heterocycles. The summed E-state index contributed by atoms with van der Waals surface area (Å²) in [5, 5.41) is 0. The molecule has 1 aromatic carbocycles. The van der Waals surface area contributed by atoms with Crippen LogP contribution in [0, 0.1) is 0 Å². The van der Waals surface area contributed by atoms with Crippen molar-refractivity contribution in [1.82, 2.24) is 9.97 Å². The van der Waals surface area contributed by atoms with E-state index in [-0.39, 0.29) is 0 Å². The second-order valence-corrected chi connectivity index (χ2v) is 2.96. The summed E-state index contributed by atoms with van der Waals surface area (Å²) in [6, 6.07) is 10.2. The van der Waals surface area contributed by atoms with Gasteiger partial charge in [0.25, 0.3) is 0 Å². The molecule has 2 nitrogen and oxygen atoms in total. The molecule has 0 atom stereocenters. The van der Waals surface area contributed by atoms with Gasteiger partial charge >= 0.3 is 0 Å². The molecule has 0 saturated heterocycles. The van der Waals surface area contributed by atoms with E-state index < -0.39 is 0 Å². The normalized spacial score (nSPS) is 9.27. The summed E-state index contributed by atoms with van der Waals surface area (Å²) in [7, 11) is 0. The molecule has 0 aliphatic rings. The van der Waals surface area contributed by atoms with Crippen molar-refractivity contribution >= 4 is 0 Å². The molecule has 15 heavy (non-hydrogen) atoms. The minimum atomic E-state index is 0.951. The van der Waals surface area contributed by atoms with Crippen molar-refractivity contribution in [2.75, 3.05) is 0 Å². The molecule has 0 saturated carbocycles. The van der Waals surface area contributed by atoms with Crippen LogP contribution in [0.25, 0.3) is 11.3 Å². The first-order chi connectivity index (χ1) is 7.40. The van der Waals surface area contributed by atoms with E-state index in [0.29, 0.717) is 0 Å². The van der Waals surface area contributed by atoms with Crippen LogP contribution in [0.1, 0.15) is 26.6 Å². The third-order valence-corrected chi connectivity index (χ3v) is 2.05. The van der Waals surface area contributed by atoms with E-state index in [9.17, 15) is 0 Å². The Balaban J connectivity index is 0.000000531. The Morgan fingerprint density at radius 2 is 1.80 bits per heavy atom. The van der Waals surface area contributed by atoms with Gasteiger partial charge in [0, 0.05) is 6.42 Å². The van der Waals surface area contributed by atoms with Crippen LogP contribution >= 0.6 is 0 Å². The predicted molar refractivity (Wildman–Crippen MR) is 64.7 cm³/mol. The highest BCUT2D eigenvalue weighted by atomic mass is 14.9. The summed E-state index contributed by atoms with van der Waals surface area (Å²) >= 11 is 0. The third-order valence-electron chi connectivity index (χ3n) is 2.05. The number of hydrogen-bond acceptors (Lipinski definition) is 1. The Bertz CT molecular complexity index is 376. The molecule has 0 aliphatic carbocycles. The summed E-state index contributed by atoms with van der Waals surface area (Å²) in [5.41, 5.74) is 2.28. The first-order valence-corrected chi connectivity index (χ1v) is 5.49. The molecule has 0 bridgehead atoms. The lowest BCUT2D eigenvalue weighted by atomic mass is 10.2. The first-order valence-electron chi connectivity index (χ1n) is 5.49. The number of aryl methyl sites for hydroxylation is 1. The van der Waals surface area contributed by atoms with Gasteiger partial charge in [0.1, 0.15) is 5.82 Å². The Kier molecular flexibility index (Phi) is 4.61. The number of H-pyrrole nitrogens is 1. The van der Waals surface area contributed by atoms with Gasteiger partial charge in [0.2, 0.25) is 0 Å². The first kappa shape index (κ1) is 11.5. The Morgan fingerprint density at radius 1 is 1.13 bits per heavy atom. The van der Waals surface area contributed by atoms with Crippen molar-refractivity contribution in [3.63, 3.8) is 0 Å². The van der Waals surface area contributed by atoms with E-state index in [0.717, 1.165) is 17.9 Å². The van der Waals surface area contributed by atoms with Gasteiger partial charge in [-0.2, -0.15) is 0 Å². The number of imidazole rings is 1. The van der Waals surface area contributed by atoms with Gasteiger partial charge in [0.15, 0.2) is 0 Å². The maximum Gasteiger partial charge on any atom is 0.106 e. The van der Waals surface area contributed by atoms with Crippen molar-refractivity contribution in [1.29, 1.82) is 0 Å². The van der Waals surface area contributed by atoms with E-state index in [4.69, 9.17) is 0 Å². The Hall–Kier alpha value is -1.57. The largest absolute Gasteiger partial charge is 0.342 e.